The second-order valence-electron chi connectivity index (χ2n) is 16.5. The minimum absolute atomic E-state index is 1.10. The third-order valence-electron chi connectivity index (χ3n) is 12.3. The van der Waals surface area contributed by atoms with Crippen molar-refractivity contribution in [2.75, 3.05) is 0 Å². The van der Waals surface area contributed by atoms with Gasteiger partial charge in [-0.1, -0.05) is 146 Å². The van der Waals surface area contributed by atoms with Gasteiger partial charge in [-0.05, 0) is 172 Å². The number of hydrogen-bond donors (Lipinski definition) is 0. The van der Waals surface area contributed by atoms with Gasteiger partial charge in [0.25, 0.3) is 0 Å². The first-order chi connectivity index (χ1) is 32.7. The molecule has 0 N–H and O–H groups in total. The van der Waals surface area contributed by atoms with E-state index in [4.69, 9.17) is 0 Å². The molecule has 0 aliphatic heterocycles. The summed E-state index contributed by atoms with van der Waals surface area (Å²) in [5, 5.41) is 0. The Bertz CT molecular complexity index is 2940. The molecule has 7 aromatic carbocycles. The molecule has 0 aliphatic rings. The molecule has 4 aromatic heterocycles. The monoisotopic (exact) mass is 842 g/mol. The Labute approximate surface area is 385 Å². The Morgan fingerprint density at radius 1 is 0.152 bits per heavy atom. The van der Waals surface area contributed by atoms with Crippen LogP contribution in [0.5, 0.6) is 0 Å². The minimum atomic E-state index is 1.10. The van der Waals surface area contributed by atoms with Gasteiger partial charge in [0.2, 0.25) is 0 Å². The predicted molar refractivity (Wildman–Crippen MR) is 272 cm³/mol. The first-order valence-corrected chi connectivity index (χ1v) is 22.1. The van der Waals surface area contributed by atoms with Crippen molar-refractivity contribution in [3.05, 3.63) is 256 Å². The molecule has 11 aromatic rings. The van der Waals surface area contributed by atoms with Crippen molar-refractivity contribution in [1.29, 1.82) is 0 Å². The standard InChI is InChI=1S/C62H42N4/c1-5-53(39-63-29-1)43-9-17-47(18-10-43)57-33-58(48-19-11-44(12-20-48)54-6-2-30-64-40-54)36-61(35-57)51-25-27-52(28-26-51)62-37-59(49-21-13-45(14-22-49)55-7-3-31-65-41-55)34-60(38-62)50-23-15-46(16-24-50)56-8-4-32-66-42-56/h1-42H. The molecule has 0 unspecified atom stereocenters. The van der Waals surface area contributed by atoms with E-state index in [2.05, 4.69) is 202 Å². The Kier molecular flexibility index (Phi) is 10.9. The number of rotatable bonds is 10. The third kappa shape index (κ3) is 8.59. The molecule has 0 amide bonds. The fraction of sp³-hybridized carbons (Fsp3) is 0. The average molecular weight is 843 g/mol. The lowest BCUT2D eigenvalue weighted by Crippen LogP contribution is -1.89. The Hall–Kier alpha value is -8.86. The van der Waals surface area contributed by atoms with Crippen molar-refractivity contribution >= 4 is 0 Å². The Balaban J connectivity index is 0.966. The number of pyridine rings is 4. The molecule has 66 heavy (non-hydrogen) atoms. The molecule has 310 valence electrons. The molecule has 4 heteroatoms. The van der Waals surface area contributed by atoms with Crippen LogP contribution in [-0.2, 0) is 0 Å². The van der Waals surface area contributed by atoms with E-state index < -0.39 is 0 Å². The van der Waals surface area contributed by atoms with Crippen molar-refractivity contribution in [2.24, 2.45) is 0 Å². The number of nitrogens with zero attached hydrogens (tertiary/aromatic N) is 4. The maximum atomic E-state index is 4.34. The molecule has 0 bridgehead atoms. The highest BCUT2D eigenvalue weighted by Crippen LogP contribution is 2.38. The Morgan fingerprint density at radius 3 is 0.439 bits per heavy atom. The van der Waals surface area contributed by atoms with Gasteiger partial charge in [-0.2, -0.15) is 0 Å². The lowest BCUT2D eigenvalue weighted by atomic mass is 9.90. The third-order valence-corrected chi connectivity index (χ3v) is 12.3. The summed E-state index contributed by atoms with van der Waals surface area (Å²) in [4.78, 5) is 17.3. The highest BCUT2D eigenvalue weighted by molar-refractivity contribution is 5.86. The summed E-state index contributed by atoms with van der Waals surface area (Å²) in [6.45, 7) is 0. The quantitative estimate of drug-likeness (QED) is 0.138. The van der Waals surface area contributed by atoms with Crippen LogP contribution >= 0.6 is 0 Å². The molecule has 0 radical (unpaired) electrons. The number of hydrogen-bond acceptors (Lipinski definition) is 4. The lowest BCUT2D eigenvalue weighted by Gasteiger charge is -2.14. The molecule has 0 fully saturated rings. The molecule has 0 saturated carbocycles. The van der Waals surface area contributed by atoms with Crippen LogP contribution in [0, 0.1) is 0 Å². The summed E-state index contributed by atoms with van der Waals surface area (Å²) in [6, 6.07) is 74.3. The van der Waals surface area contributed by atoms with Crippen LogP contribution in [0.1, 0.15) is 0 Å². The van der Waals surface area contributed by atoms with Gasteiger partial charge in [0.05, 0.1) is 0 Å². The zero-order valence-electron chi connectivity index (χ0n) is 36.0. The van der Waals surface area contributed by atoms with Gasteiger partial charge in [-0.3, -0.25) is 19.9 Å². The van der Waals surface area contributed by atoms with Gasteiger partial charge in [-0.15, -0.1) is 0 Å². The van der Waals surface area contributed by atoms with Crippen LogP contribution in [0.3, 0.4) is 0 Å². The number of benzene rings is 7. The molecule has 4 nitrogen and oxygen atoms in total. The minimum Gasteiger partial charge on any atom is -0.264 e. The normalized spacial score (nSPS) is 11.0. The van der Waals surface area contributed by atoms with Crippen molar-refractivity contribution in [3.8, 4) is 111 Å². The van der Waals surface area contributed by atoms with Crippen molar-refractivity contribution in [1.82, 2.24) is 19.9 Å². The second kappa shape index (κ2) is 18.1. The summed E-state index contributed by atoms with van der Waals surface area (Å²) in [7, 11) is 0. The van der Waals surface area contributed by atoms with E-state index >= 15 is 0 Å². The van der Waals surface area contributed by atoms with Gasteiger partial charge in [0.15, 0.2) is 0 Å². The lowest BCUT2D eigenvalue weighted by molar-refractivity contribution is 1.33. The maximum absolute atomic E-state index is 4.34. The zero-order valence-corrected chi connectivity index (χ0v) is 36.0. The van der Waals surface area contributed by atoms with Crippen LogP contribution in [0.25, 0.3) is 111 Å². The number of aromatic nitrogens is 4. The van der Waals surface area contributed by atoms with E-state index in [1.54, 1.807) is 0 Å². The summed E-state index contributed by atoms with van der Waals surface area (Å²) >= 11 is 0. The molecular weight excluding hydrogens is 801 g/mol. The molecule has 0 atom stereocenters. The average Bonchev–Trinajstić information content (AvgIpc) is 3.42. The van der Waals surface area contributed by atoms with Crippen molar-refractivity contribution < 1.29 is 0 Å². The predicted octanol–water partition coefficient (Wildman–Crippen LogP) is 15.9. The van der Waals surface area contributed by atoms with Gasteiger partial charge in [0.1, 0.15) is 0 Å². The molecule has 4 heterocycles. The topological polar surface area (TPSA) is 51.6 Å². The van der Waals surface area contributed by atoms with E-state index in [1.807, 2.05) is 73.8 Å². The maximum Gasteiger partial charge on any atom is 0.0346 e. The van der Waals surface area contributed by atoms with Crippen LogP contribution in [-0.4, -0.2) is 19.9 Å². The summed E-state index contributed by atoms with van der Waals surface area (Å²) < 4.78 is 0. The molecule has 0 spiro atoms. The van der Waals surface area contributed by atoms with Crippen molar-refractivity contribution in [2.45, 2.75) is 0 Å². The van der Waals surface area contributed by atoms with E-state index in [1.165, 1.54) is 0 Å². The van der Waals surface area contributed by atoms with Crippen LogP contribution in [0.4, 0.5) is 0 Å². The highest BCUT2D eigenvalue weighted by atomic mass is 14.6. The SMILES string of the molecule is c1cncc(-c2ccc(-c3cc(-c4ccc(-c5cccnc5)cc4)cc(-c4ccc(-c5cc(-c6ccc(-c7cccnc7)cc6)cc(-c6ccc(-c7cccnc7)cc6)c5)cc4)c3)cc2)c1. The molecule has 11 rings (SSSR count). The van der Waals surface area contributed by atoms with Gasteiger partial charge >= 0.3 is 0 Å². The highest BCUT2D eigenvalue weighted by Gasteiger charge is 2.13. The second-order valence-corrected chi connectivity index (χ2v) is 16.5. The van der Waals surface area contributed by atoms with E-state index in [0.29, 0.717) is 0 Å². The van der Waals surface area contributed by atoms with Crippen molar-refractivity contribution in [3.63, 3.8) is 0 Å². The summed E-state index contributed by atoms with van der Waals surface area (Å²) in [6.07, 6.45) is 14.9. The zero-order chi connectivity index (χ0) is 44.1. The van der Waals surface area contributed by atoms with Crippen LogP contribution in [0.2, 0.25) is 0 Å². The smallest absolute Gasteiger partial charge is 0.0346 e. The van der Waals surface area contributed by atoms with E-state index in [-0.39, 0.29) is 0 Å². The summed E-state index contributed by atoms with van der Waals surface area (Å²) in [5.74, 6) is 0. The van der Waals surface area contributed by atoms with E-state index in [0.717, 1.165) is 111 Å². The summed E-state index contributed by atoms with van der Waals surface area (Å²) in [5.41, 5.74) is 22.8. The molecule has 0 saturated heterocycles. The first kappa shape index (κ1) is 40.0. The first-order valence-electron chi connectivity index (χ1n) is 22.1. The fourth-order valence-electron chi connectivity index (χ4n) is 8.66. The van der Waals surface area contributed by atoms with E-state index in [9.17, 15) is 0 Å². The van der Waals surface area contributed by atoms with Crippen LogP contribution < -0.4 is 0 Å². The molecular formula is C62H42N4. The largest absolute Gasteiger partial charge is 0.264 e. The molecule has 0 aliphatic carbocycles. The van der Waals surface area contributed by atoms with Crippen LogP contribution in [0.15, 0.2) is 256 Å². The fourth-order valence-corrected chi connectivity index (χ4v) is 8.66. The van der Waals surface area contributed by atoms with Gasteiger partial charge in [-0.25, -0.2) is 0 Å². The van der Waals surface area contributed by atoms with Gasteiger partial charge in [0, 0.05) is 49.6 Å². The Morgan fingerprint density at radius 2 is 0.303 bits per heavy atom. The van der Waals surface area contributed by atoms with Gasteiger partial charge < -0.3 is 0 Å².